The first-order valence-corrected chi connectivity index (χ1v) is 5.78. The van der Waals surface area contributed by atoms with Gasteiger partial charge < -0.3 is 4.90 Å². The Labute approximate surface area is 98.9 Å². The van der Waals surface area contributed by atoms with Gasteiger partial charge in [0.15, 0.2) is 5.82 Å². The highest BCUT2D eigenvalue weighted by Gasteiger charge is 2.22. The van der Waals surface area contributed by atoms with E-state index in [9.17, 15) is 0 Å². The molecule has 0 aliphatic heterocycles. The molecule has 3 heteroatoms. The Morgan fingerprint density at radius 2 is 1.75 bits per heavy atom. The Hall–Kier alpha value is -1.12. The molecule has 0 radical (unpaired) electrons. The van der Waals surface area contributed by atoms with Gasteiger partial charge in [0, 0.05) is 25.7 Å². The van der Waals surface area contributed by atoms with E-state index in [1.54, 1.807) is 0 Å². The molecule has 0 N–H and O–H groups in total. The van der Waals surface area contributed by atoms with Crippen molar-refractivity contribution in [2.75, 3.05) is 19.0 Å². The maximum absolute atomic E-state index is 4.70. The number of nitrogens with zero attached hydrogens (tertiary/aromatic N) is 3. The molecule has 3 nitrogen and oxygen atoms in total. The van der Waals surface area contributed by atoms with Crippen molar-refractivity contribution in [3.8, 4) is 0 Å². The summed E-state index contributed by atoms with van der Waals surface area (Å²) in [6.45, 7) is 10.8. The molecule has 0 saturated heterocycles. The molecule has 1 heterocycles. The molecule has 0 spiro atoms. The van der Waals surface area contributed by atoms with Gasteiger partial charge in [0.1, 0.15) is 0 Å². The zero-order valence-electron chi connectivity index (χ0n) is 11.5. The second-order valence-corrected chi connectivity index (χ2v) is 5.77. The van der Waals surface area contributed by atoms with Crippen molar-refractivity contribution in [1.29, 1.82) is 0 Å². The van der Waals surface area contributed by atoms with E-state index in [4.69, 9.17) is 4.98 Å². The fraction of sp³-hybridized carbons (Fsp3) is 0.692. The van der Waals surface area contributed by atoms with Crippen molar-refractivity contribution in [2.45, 2.75) is 46.0 Å². The third-order valence-corrected chi connectivity index (χ3v) is 2.50. The lowest BCUT2D eigenvalue weighted by Gasteiger charge is -2.25. The van der Waals surface area contributed by atoms with Crippen LogP contribution in [0.5, 0.6) is 0 Å². The van der Waals surface area contributed by atoms with Crippen LogP contribution in [0.25, 0.3) is 0 Å². The van der Waals surface area contributed by atoms with Crippen molar-refractivity contribution in [3.05, 3.63) is 17.6 Å². The smallest absolute Gasteiger partial charge is 0.150 e. The summed E-state index contributed by atoms with van der Waals surface area (Å²) in [6, 6.07) is 0. The molecule has 1 aromatic rings. The largest absolute Gasteiger partial charge is 0.361 e. The summed E-state index contributed by atoms with van der Waals surface area (Å²) >= 11 is 0. The first-order valence-electron chi connectivity index (χ1n) is 5.78. The zero-order valence-corrected chi connectivity index (χ0v) is 11.5. The van der Waals surface area contributed by atoms with Gasteiger partial charge in [0.25, 0.3) is 0 Å². The van der Waals surface area contributed by atoms with Crippen LogP contribution in [-0.2, 0) is 5.41 Å². The molecule has 0 atom stereocenters. The number of rotatable bonds is 2. The minimum Gasteiger partial charge on any atom is -0.361 e. The number of anilines is 1. The van der Waals surface area contributed by atoms with E-state index in [0.717, 1.165) is 17.2 Å². The van der Waals surface area contributed by atoms with Gasteiger partial charge in [0.2, 0.25) is 0 Å². The lowest BCUT2D eigenvalue weighted by Crippen LogP contribution is -2.23. The van der Waals surface area contributed by atoms with E-state index >= 15 is 0 Å². The van der Waals surface area contributed by atoms with Crippen LogP contribution < -0.4 is 4.90 Å². The molecule has 1 rings (SSSR count). The van der Waals surface area contributed by atoms with E-state index in [0.29, 0.717) is 5.92 Å². The number of hydrogen-bond donors (Lipinski definition) is 0. The molecular weight excluding hydrogens is 198 g/mol. The summed E-state index contributed by atoms with van der Waals surface area (Å²) in [4.78, 5) is 11.3. The van der Waals surface area contributed by atoms with Crippen LogP contribution in [0.1, 0.15) is 51.9 Å². The molecule has 16 heavy (non-hydrogen) atoms. The van der Waals surface area contributed by atoms with Gasteiger partial charge in [-0.05, 0) is 5.92 Å². The van der Waals surface area contributed by atoms with Gasteiger partial charge in [-0.15, -0.1) is 0 Å². The number of hydrogen-bond acceptors (Lipinski definition) is 3. The topological polar surface area (TPSA) is 29.0 Å². The van der Waals surface area contributed by atoms with Crippen LogP contribution in [0.3, 0.4) is 0 Å². The van der Waals surface area contributed by atoms with Crippen molar-refractivity contribution < 1.29 is 0 Å². The highest BCUT2D eigenvalue weighted by atomic mass is 15.2. The minimum absolute atomic E-state index is 0.0299. The van der Waals surface area contributed by atoms with Crippen molar-refractivity contribution in [3.63, 3.8) is 0 Å². The quantitative estimate of drug-likeness (QED) is 0.769. The van der Waals surface area contributed by atoms with E-state index in [-0.39, 0.29) is 5.41 Å². The molecule has 90 valence electrons. The van der Waals surface area contributed by atoms with Gasteiger partial charge in [-0.2, -0.15) is 0 Å². The van der Waals surface area contributed by atoms with Crippen molar-refractivity contribution in [1.82, 2.24) is 9.97 Å². The Bertz CT molecular complexity index is 362. The summed E-state index contributed by atoms with van der Waals surface area (Å²) in [5.41, 5.74) is 2.14. The lowest BCUT2D eigenvalue weighted by atomic mass is 9.91. The fourth-order valence-corrected chi connectivity index (χ4v) is 1.51. The molecule has 0 unspecified atom stereocenters. The Kier molecular flexibility index (Phi) is 3.56. The van der Waals surface area contributed by atoms with E-state index in [1.165, 1.54) is 0 Å². The van der Waals surface area contributed by atoms with Gasteiger partial charge in [-0.25, -0.2) is 4.98 Å². The minimum atomic E-state index is 0.0299. The summed E-state index contributed by atoms with van der Waals surface area (Å²) in [5.74, 6) is 1.40. The maximum Gasteiger partial charge on any atom is 0.150 e. The van der Waals surface area contributed by atoms with Crippen LogP contribution >= 0.6 is 0 Å². The monoisotopic (exact) mass is 221 g/mol. The predicted octanol–water partition coefficient (Wildman–Crippen LogP) is 2.96. The average Bonchev–Trinajstić information content (AvgIpc) is 2.15. The zero-order chi connectivity index (χ0) is 12.5. The molecule has 0 aliphatic carbocycles. The second kappa shape index (κ2) is 4.40. The van der Waals surface area contributed by atoms with Crippen LogP contribution in [0, 0.1) is 0 Å². The molecule has 0 aromatic carbocycles. The standard InChI is InChI=1S/C13H23N3/c1-9(2)10-8-14-11(13(3,4)5)12(15-10)16(6)7/h8-9H,1-7H3. The third-order valence-electron chi connectivity index (χ3n) is 2.50. The summed E-state index contributed by atoms with van der Waals surface area (Å²) in [6.07, 6.45) is 1.90. The fourth-order valence-electron chi connectivity index (χ4n) is 1.51. The average molecular weight is 221 g/mol. The molecule has 1 aromatic heterocycles. The van der Waals surface area contributed by atoms with Crippen LogP contribution in [0.15, 0.2) is 6.20 Å². The van der Waals surface area contributed by atoms with Gasteiger partial charge >= 0.3 is 0 Å². The van der Waals surface area contributed by atoms with Crippen molar-refractivity contribution in [2.24, 2.45) is 0 Å². The van der Waals surface area contributed by atoms with E-state index in [2.05, 4.69) is 39.6 Å². The summed E-state index contributed by atoms with van der Waals surface area (Å²) in [7, 11) is 4.03. The summed E-state index contributed by atoms with van der Waals surface area (Å²) in [5, 5.41) is 0. The second-order valence-electron chi connectivity index (χ2n) is 5.77. The molecule has 0 fully saturated rings. The maximum atomic E-state index is 4.70. The van der Waals surface area contributed by atoms with Crippen molar-refractivity contribution >= 4 is 5.82 Å². The number of aromatic nitrogens is 2. The summed E-state index contributed by atoms with van der Waals surface area (Å²) < 4.78 is 0. The third kappa shape index (κ3) is 2.71. The van der Waals surface area contributed by atoms with E-state index in [1.807, 2.05) is 25.2 Å². The first-order chi connectivity index (χ1) is 7.23. The Balaban J connectivity index is 3.31. The van der Waals surface area contributed by atoms with Gasteiger partial charge in [-0.1, -0.05) is 34.6 Å². The molecule has 0 bridgehead atoms. The van der Waals surface area contributed by atoms with Gasteiger partial charge in [-0.3, -0.25) is 4.98 Å². The van der Waals surface area contributed by atoms with E-state index < -0.39 is 0 Å². The van der Waals surface area contributed by atoms with Crippen LogP contribution in [0.4, 0.5) is 5.82 Å². The lowest BCUT2D eigenvalue weighted by molar-refractivity contribution is 0.562. The Morgan fingerprint density at radius 1 is 1.19 bits per heavy atom. The molecule has 0 aliphatic rings. The van der Waals surface area contributed by atoms with Crippen LogP contribution in [0.2, 0.25) is 0 Å². The molecule has 0 saturated carbocycles. The highest BCUT2D eigenvalue weighted by molar-refractivity contribution is 5.45. The van der Waals surface area contributed by atoms with Gasteiger partial charge in [0.05, 0.1) is 11.4 Å². The van der Waals surface area contributed by atoms with Crippen LogP contribution in [-0.4, -0.2) is 24.1 Å². The normalized spacial score (nSPS) is 12.0. The molecule has 0 amide bonds. The predicted molar refractivity (Wildman–Crippen MR) is 69.1 cm³/mol. The SMILES string of the molecule is CC(C)c1cnc(C(C)(C)C)c(N(C)C)n1. The highest BCUT2D eigenvalue weighted by Crippen LogP contribution is 2.28. The molecular formula is C13H23N3. The Morgan fingerprint density at radius 3 is 2.12 bits per heavy atom. The first kappa shape index (κ1) is 12.9.